The van der Waals surface area contributed by atoms with Gasteiger partial charge in [-0.1, -0.05) is 6.58 Å². The normalized spacial score (nSPS) is 16.9. The second kappa shape index (κ2) is 6.90. The van der Waals surface area contributed by atoms with Crippen molar-refractivity contribution in [1.82, 2.24) is 15.3 Å². The van der Waals surface area contributed by atoms with E-state index in [1.54, 1.807) is 19.4 Å². The van der Waals surface area contributed by atoms with Crippen LogP contribution in [0.3, 0.4) is 0 Å². The van der Waals surface area contributed by atoms with Crippen molar-refractivity contribution >= 4 is 17.4 Å². The molecule has 1 fully saturated rings. The van der Waals surface area contributed by atoms with E-state index in [1.807, 2.05) is 19.1 Å². The Labute approximate surface area is 158 Å². The van der Waals surface area contributed by atoms with Crippen LogP contribution in [0.25, 0.3) is 5.70 Å². The lowest BCUT2D eigenvalue weighted by molar-refractivity contribution is 0.0981. The largest absolute Gasteiger partial charge is 0.489 e. The molecule has 1 N–H and O–H groups in total. The van der Waals surface area contributed by atoms with E-state index in [-0.39, 0.29) is 12.0 Å². The minimum absolute atomic E-state index is 0.127. The highest BCUT2D eigenvalue weighted by Crippen LogP contribution is 2.30. The summed E-state index contributed by atoms with van der Waals surface area (Å²) >= 11 is 0. The molecule has 27 heavy (non-hydrogen) atoms. The number of hydrogen-bond acceptors (Lipinski definition) is 6. The molecule has 1 amide bonds. The number of hydrogen-bond donors (Lipinski definition) is 1. The second-order valence-electron chi connectivity index (χ2n) is 6.80. The molecule has 0 unspecified atom stereocenters. The summed E-state index contributed by atoms with van der Waals surface area (Å²) in [5, 5.41) is 2.73. The standard InChI is InChI=1S/C20H22N4O3/c1-12-10-16-18(13(2)22-20(16)25)23-19(12)24-8-6-14(7-9-24)27-15-4-5-17(26-3)21-11-15/h4-5,10-11,14H,2,6-9H2,1,3H3,(H,22,25). The summed E-state index contributed by atoms with van der Waals surface area (Å²) in [7, 11) is 1.59. The van der Waals surface area contributed by atoms with Crippen molar-refractivity contribution in [1.29, 1.82) is 0 Å². The number of carbonyl (C=O) groups is 1. The molecular formula is C20H22N4O3. The van der Waals surface area contributed by atoms with Crippen molar-refractivity contribution in [3.8, 4) is 11.6 Å². The molecule has 2 aromatic heterocycles. The molecule has 7 nitrogen and oxygen atoms in total. The fraction of sp³-hybridized carbons (Fsp3) is 0.350. The monoisotopic (exact) mass is 366 g/mol. The number of piperidine rings is 1. The number of nitrogens with zero attached hydrogens (tertiary/aromatic N) is 3. The zero-order chi connectivity index (χ0) is 19.0. The quantitative estimate of drug-likeness (QED) is 0.896. The molecule has 0 saturated carbocycles. The lowest BCUT2D eigenvalue weighted by Gasteiger charge is -2.33. The molecule has 0 aromatic carbocycles. The van der Waals surface area contributed by atoms with Crippen molar-refractivity contribution in [2.75, 3.05) is 25.1 Å². The number of methoxy groups -OCH3 is 1. The first-order valence-corrected chi connectivity index (χ1v) is 8.99. The number of aromatic nitrogens is 2. The molecule has 0 spiro atoms. The van der Waals surface area contributed by atoms with Crippen molar-refractivity contribution in [3.05, 3.63) is 47.8 Å². The molecule has 0 radical (unpaired) electrons. The van der Waals surface area contributed by atoms with Crippen LogP contribution in [0.4, 0.5) is 5.82 Å². The highest BCUT2D eigenvalue weighted by atomic mass is 16.5. The molecule has 0 bridgehead atoms. The van der Waals surface area contributed by atoms with E-state index >= 15 is 0 Å². The molecule has 2 aromatic rings. The van der Waals surface area contributed by atoms with Crippen LogP contribution >= 0.6 is 0 Å². The number of anilines is 1. The van der Waals surface area contributed by atoms with Gasteiger partial charge in [-0.05, 0) is 24.6 Å². The summed E-state index contributed by atoms with van der Waals surface area (Å²) in [6.07, 6.45) is 3.61. The van der Waals surface area contributed by atoms with Gasteiger partial charge in [0, 0.05) is 32.0 Å². The van der Waals surface area contributed by atoms with E-state index < -0.39 is 0 Å². The van der Waals surface area contributed by atoms with Gasteiger partial charge >= 0.3 is 0 Å². The number of fused-ring (bicyclic) bond motifs is 1. The maximum absolute atomic E-state index is 11.9. The van der Waals surface area contributed by atoms with E-state index in [0.29, 0.717) is 22.8 Å². The Morgan fingerprint density at radius 1 is 1.30 bits per heavy atom. The van der Waals surface area contributed by atoms with Crippen LogP contribution in [0, 0.1) is 6.92 Å². The topological polar surface area (TPSA) is 76.6 Å². The van der Waals surface area contributed by atoms with E-state index in [0.717, 1.165) is 43.1 Å². The van der Waals surface area contributed by atoms with Crippen molar-refractivity contribution in [2.24, 2.45) is 0 Å². The predicted octanol–water partition coefficient (Wildman–Crippen LogP) is 2.56. The molecule has 140 valence electrons. The number of aryl methyl sites for hydroxylation is 1. The Morgan fingerprint density at radius 2 is 2.07 bits per heavy atom. The van der Waals surface area contributed by atoms with Crippen LogP contribution in [0.15, 0.2) is 31.0 Å². The third-order valence-corrected chi connectivity index (χ3v) is 4.94. The van der Waals surface area contributed by atoms with Crippen LogP contribution in [0.1, 0.15) is 34.5 Å². The molecule has 0 atom stereocenters. The van der Waals surface area contributed by atoms with Gasteiger partial charge in [0.1, 0.15) is 23.4 Å². The van der Waals surface area contributed by atoms with Gasteiger partial charge in [-0.2, -0.15) is 0 Å². The number of pyridine rings is 2. The molecule has 7 heteroatoms. The zero-order valence-corrected chi connectivity index (χ0v) is 15.5. The zero-order valence-electron chi connectivity index (χ0n) is 15.5. The SMILES string of the molecule is C=C1NC(=O)c2cc(C)c(N3CCC(Oc4ccc(OC)nc4)CC3)nc21. The van der Waals surface area contributed by atoms with Crippen LogP contribution in [-0.4, -0.2) is 42.2 Å². The molecule has 4 rings (SSSR count). The van der Waals surface area contributed by atoms with Crippen LogP contribution in [0.2, 0.25) is 0 Å². The summed E-state index contributed by atoms with van der Waals surface area (Å²) < 4.78 is 11.1. The van der Waals surface area contributed by atoms with Crippen molar-refractivity contribution in [2.45, 2.75) is 25.9 Å². The highest BCUT2D eigenvalue weighted by Gasteiger charge is 2.28. The summed E-state index contributed by atoms with van der Waals surface area (Å²) in [6, 6.07) is 5.57. The number of amides is 1. The minimum Gasteiger partial charge on any atom is -0.489 e. The Kier molecular flexibility index (Phi) is 4.43. The predicted molar refractivity (Wildman–Crippen MR) is 102 cm³/mol. The highest BCUT2D eigenvalue weighted by molar-refractivity contribution is 6.08. The van der Waals surface area contributed by atoms with Gasteiger partial charge in [0.2, 0.25) is 5.88 Å². The Morgan fingerprint density at radius 3 is 2.74 bits per heavy atom. The summed E-state index contributed by atoms with van der Waals surface area (Å²) in [6.45, 7) is 7.56. The average Bonchev–Trinajstić information content (AvgIpc) is 2.95. The fourth-order valence-electron chi connectivity index (χ4n) is 3.53. The van der Waals surface area contributed by atoms with Crippen molar-refractivity contribution < 1.29 is 14.3 Å². The third kappa shape index (κ3) is 3.32. The van der Waals surface area contributed by atoms with E-state index in [1.165, 1.54) is 0 Å². The van der Waals surface area contributed by atoms with Gasteiger partial charge in [-0.3, -0.25) is 4.79 Å². The minimum atomic E-state index is -0.127. The third-order valence-electron chi connectivity index (χ3n) is 4.94. The summed E-state index contributed by atoms with van der Waals surface area (Å²) in [5.41, 5.74) is 2.83. The van der Waals surface area contributed by atoms with E-state index in [2.05, 4.69) is 21.8 Å². The van der Waals surface area contributed by atoms with Gasteiger partial charge in [0.15, 0.2) is 0 Å². The smallest absolute Gasteiger partial charge is 0.257 e. The van der Waals surface area contributed by atoms with E-state index in [9.17, 15) is 4.79 Å². The summed E-state index contributed by atoms with van der Waals surface area (Å²) in [4.78, 5) is 23.1. The lowest BCUT2D eigenvalue weighted by atomic mass is 10.1. The van der Waals surface area contributed by atoms with Crippen LogP contribution in [-0.2, 0) is 0 Å². The number of rotatable bonds is 4. The fourth-order valence-corrected chi connectivity index (χ4v) is 3.53. The Hall–Kier alpha value is -3.09. The van der Waals surface area contributed by atoms with Crippen molar-refractivity contribution in [3.63, 3.8) is 0 Å². The molecule has 2 aliphatic rings. The lowest BCUT2D eigenvalue weighted by Crippen LogP contribution is -2.39. The maximum atomic E-state index is 11.9. The van der Waals surface area contributed by atoms with Gasteiger partial charge in [-0.15, -0.1) is 0 Å². The van der Waals surface area contributed by atoms with E-state index in [4.69, 9.17) is 14.5 Å². The Bertz CT molecular complexity index is 887. The van der Waals surface area contributed by atoms with Crippen LogP contribution < -0.4 is 19.7 Å². The summed E-state index contributed by atoms with van der Waals surface area (Å²) in [5.74, 6) is 2.11. The van der Waals surface area contributed by atoms with Gasteiger partial charge in [0.25, 0.3) is 5.91 Å². The molecular weight excluding hydrogens is 344 g/mol. The van der Waals surface area contributed by atoms with Gasteiger partial charge in [-0.25, -0.2) is 9.97 Å². The molecule has 1 saturated heterocycles. The average molecular weight is 366 g/mol. The second-order valence-corrected chi connectivity index (χ2v) is 6.80. The van der Waals surface area contributed by atoms with Gasteiger partial charge < -0.3 is 19.7 Å². The van der Waals surface area contributed by atoms with Gasteiger partial charge in [0.05, 0.1) is 24.6 Å². The molecule has 2 aliphatic heterocycles. The first kappa shape index (κ1) is 17.3. The van der Waals surface area contributed by atoms with Crippen LogP contribution in [0.5, 0.6) is 11.6 Å². The number of carbonyl (C=O) groups excluding carboxylic acids is 1. The molecule has 4 heterocycles. The Balaban J connectivity index is 1.43. The number of nitrogens with one attached hydrogen (secondary N) is 1. The first-order valence-electron chi connectivity index (χ1n) is 8.99. The first-order chi connectivity index (χ1) is 13.0. The number of ether oxygens (including phenoxy) is 2. The molecule has 0 aliphatic carbocycles. The maximum Gasteiger partial charge on any atom is 0.257 e.